The lowest BCUT2D eigenvalue weighted by atomic mass is 9.86. The minimum absolute atomic E-state index is 0.0780. The third-order valence-electron chi connectivity index (χ3n) is 8.52. The Balaban J connectivity index is 1.06. The van der Waals surface area contributed by atoms with Crippen LogP contribution < -0.4 is 10.1 Å². The fourth-order valence-corrected chi connectivity index (χ4v) is 6.08. The van der Waals surface area contributed by atoms with Crippen molar-refractivity contribution in [2.24, 2.45) is 13.0 Å². The van der Waals surface area contributed by atoms with E-state index >= 15 is 0 Å². The lowest BCUT2D eigenvalue weighted by molar-refractivity contribution is -0.0505. The number of fused-ring (bicyclic) bond motifs is 3. The average Bonchev–Trinajstić information content (AvgIpc) is 3.71. The van der Waals surface area contributed by atoms with Crippen LogP contribution in [-0.2, 0) is 32.6 Å². The standard InChI is InChI=1S/C33H40N4O7/c1-36-26(20-28(35-36)32(38)42-16-6-11-30-40-17-18-41-30)22-43-27-10-5-9-25(19-27)31(24-7-3-2-4-8-24)34-33(39)44-29-21-37-14-12-23(29)13-15-37/h2-5,7-10,19-20,23,29-31H,6,11-18,21-22H2,1H3,(H,34,39). The minimum Gasteiger partial charge on any atom is -0.487 e. The summed E-state index contributed by atoms with van der Waals surface area (Å²) in [6, 6.07) is 18.7. The van der Waals surface area contributed by atoms with Gasteiger partial charge in [0.25, 0.3) is 0 Å². The average molecular weight is 605 g/mol. The number of carbonyl (C=O) groups excluding carboxylic acids is 2. The number of hydrogen-bond acceptors (Lipinski definition) is 9. The Labute approximate surface area is 257 Å². The second-order valence-electron chi connectivity index (χ2n) is 11.5. The number of nitrogens with zero attached hydrogens (tertiary/aromatic N) is 3. The summed E-state index contributed by atoms with van der Waals surface area (Å²) in [6.07, 6.45) is 2.76. The summed E-state index contributed by atoms with van der Waals surface area (Å²) in [5, 5.41) is 7.41. The van der Waals surface area contributed by atoms with E-state index in [2.05, 4.69) is 15.3 Å². The second-order valence-corrected chi connectivity index (χ2v) is 11.5. The topological polar surface area (TPSA) is 113 Å². The molecule has 2 unspecified atom stereocenters. The second kappa shape index (κ2) is 14.2. The van der Waals surface area contributed by atoms with E-state index in [9.17, 15) is 9.59 Å². The lowest BCUT2D eigenvalue weighted by Crippen LogP contribution is -2.52. The first kappa shape index (κ1) is 30.1. The van der Waals surface area contributed by atoms with Crippen molar-refractivity contribution in [3.63, 3.8) is 0 Å². The predicted octanol–water partition coefficient (Wildman–Crippen LogP) is 4.22. The maximum atomic E-state index is 13.1. The first-order chi connectivity index (χ1) is 21.5. The minimum atomic E-state index is -0.482. The van der Waals surface area contributed by atoms with Crippen molar-refractivity contribution in [3.05, 3.63) is 83.2 Å². The van der Waals surface area contributed by atoms with E-state index in [1.54, 1.807) is 17.8 Å². The number of carbonyl (C=O) groups is 2. The molecular formula is C33H40N4O7. The van der Waals surface area contributed by atoms with Gasteiger partial charge in [-0.2, -0.15) is 5.10 Å². The molecule has 5 heterocycles. The highest BCUT2D eigenvalue weighted by Crippen LogP contribution is 2.31. The zero-order valence-corrected chi connectivity index (χ0v) is 25.1. The molecule has 7 rings (SSSR count). The van der Waals surface area contributed by atoms with Gasteiger partial charge in [-0.1, -0.05) is 42.5 Å². The molecule has 3 aromatic rings. The number of rotatable bonds is 12. The molecule has 0 spiro atoms. The largest absolute Gasteiger partial charge is 0.487 e. The molecule has 2 aromatic carbocycles. The SMILES string of the molecule is Cn1nc(C(=O)OCCCC2OCCO2)cc1COc1cccc(C(NC(=O)OC2CN3CCC2CC3)c2ccccc2)c1. The number of nitrogens with one attached hydrogen (secondary N) is 1. The first-order valence-electron chi connectivity index (χ1n) is 15.4. The number of aromatic nitrogens is 2. The molecule has 1 aromatic heterocycles. The fraction of sp³-hybridized carbons (Fsp3) is 0.485. The van der Waals surface area contributed by atoms with Gasteiger partial charge in [0.2, 0.25) is 0 Å². The molecular weight excluding hydrogens is 564 g/mol. The van der Waals surface area contributed by atoms with Crippen molar-refractivity contribution >= 4 is 12.1 Å². The molecule has 11 heteroatoms. The number of hydrogen-bond donors (Lipinski definition) is 1. The zero-order chi connectivity index (χ0) is 30.3. The summed E-state index contributed by atoms with van der Waals surface area (Å²) in [4.78, 5) is 28.0. The van der Waals surface area contributed by atoms with E-state index in [4.69, 9.17) is 23.7 Å². The number of ether oxygens (including phenoxy) is 5. The predicted molar refractivity (Wildman–Crippen MR) is 160 cm³/mol. The van der Waals surface area contributed by atoms with Crippen LogP contribution in [0, 0.1) is 5.92 Å². The van der Waals surface area contributed by atoms with E-state index in [1.807, 2.05) is 54.6 Å². The van der Waals surface area contributed by atoms with Crippen LogP contribution in [0.1, 0.15) is 59.0 Å². The van der Waals surface area contributed by atoms with Crippen LogP contribution in [0.15, 0.2) is 60.7 Å². The summed E-state index contributed by atoms with van der Waals surface area (Å²) in [7, 11) is 1.76. The van der Waals surface area contributed by atoms with Crippen molar-refractivity contribution in [3.8, 4) is 5.75 Å². The molecule has 0 saturated carbocycles. The third-order valence-corrected chi connectivity index (χ3v) is 8.52. The molecule has 2 bridgehead atoms. The smallest absolute Gasteiger partial charge is 0.408 e. The Hall–Kier alpha value is -3.93. The maximum Gasteiger partial charge on any atom is 0.408 e. The molecule has 11 nitrogen and oxygen atoms in total. The maximum absolute atomic E-state index is 13.1. The van der Waals surface area contributed by atoms with E-state index in [-0.39, 0.29) is 31.3 Å². The van der Waals surface area contributed by atoms with E-state index < -0.39 is 18.1 Å². The van der Waals surface area contributed by atoms with Crippen LogP contribution in [0.4, 0.5) is 4.79 Å². The van der Waals surface area contributed by atoms with Crippen LogP contribution in [0.3, 0.4) is 0 Å². The van der Waals surface area contributed by atoms with Gasteiger partial charge in [0.05, 0.1) is 31.6 Å². The van der Waals surface area contributed by atoms with Crippen molar-refractivity contribution in [2.75, 3.05) is 39.5 Å². The summed E-state index contributed by atoms with van der Waals surface area (Å²) in [6.45, 7) is 4.64. The van der Waals surface area contributed by atoms with Crippen LogP contribution in [0.2, 0.25) is 0 Å². The van der Waals surface area contributed by atoms with Crippen LogP contribution >= 0.6 is 0 Å². The molecule has 0 aliphatic carbocycles. The van der Waals surface area contributed by atoms with Gasteiger partial charge in [0, 0.05) is 20.0 Å². The molecule has 4 fully saturated rings. The van der Waals surface area contributed by atoms with Gasteiger partial charge >= 0.3 is 12.1 Å². The molecule has 4 aliphatic heterocycles. The van der Waals surface area contributed by atoms with Crippen molar-refractivity contribution < 1.29 is 33.3 Å². The highest BCUT2D eigenvalue weighted by atomic mass is 16.7. The summed E-state index contributed by atoms with van der Waals surface area (Å²) in [5.41, 5.74) is 2.74. The Morgan fingerprint density at radius 3 is 2.55 bits per heavy atom. The Morgan fingerprint density at radius 1 is 1.02 bits per heavy atom. The van der Waals surface area contributed by atoms with E-state index in [0.29, 0.717) is 43.4 Å². The van der Waals surface area contributed by atoms with Gasteiger partial charge in [-0.15, -0.1) is 0 Å². The van der Waals surface area contributed by atoms with Gasteiger partial charge < -0.3 is 29.0 Å². The quantitative estimate of drug-likeness (QED) is 0.240. The summed E-state index contributed by atoms with van der Waals surface area (Å²) >= 11 is 0. The fourth-order valence-electron chi connectivity index (χ4n) is 6.08. The Kier molecular flexibility index (Phi) is 9.74. The Bertz CT molecular complexity index is 1400. The first-order valence-corrected chi connectivity index (χ1v) is 15.4. The van der Waals surface area contributed by atoms with Crippen molar-refractivity contribution in [2.45, 2.75) is 50.7 Å². The lowest BCUT2D eigenvalue weighted by Gasteiger charge is -2.43. The number of alkyl carbamates (subject to hydrolysis) is 1. The van der Waals surface area contributed by atoms with E-state index in [0.717, 1.165) is 43.6 Å². The van der Waals surface area contributed by atoms with Gasteiger partial charge in [-0.3, -0.25) is 9.58 Å². The van der Waals surface area contributed by atoms with Crippen molar-refractivity contribution in [1.29, 1.82) is 0 Å². The molecule has 0 radical (unpaired) electrons. The van der Waals surface area contributed by atoms with Crippen LogP contribution in [-0.4, -0.2) is 78.6 Å². The number of aryl methyl sites for hydroxylation is 1. The third kappa shape index (κ3) is 7.58. The number of esters is 1. The van der Waals surface area contributed by atoms with E-state index in [1.165, 1.54) is 0 Å². The van der Waals surface area contributed by atoms with Gasteiger partial charge in [0.1, 0.15) is 18.5 Å². The molecule has 1 N–H and O–H groups in total. The molecule has 4 saturated heterocycles. The highest BCUT2D eigenvalue weighted by molar-refractivity contribution is 5.87. The van der Waals surface area contributed by atoms with Crippen LogP contribution in [0.5, 0.6) is 5.75 Å². The number of benzene rings is 2. The molecule has 4 aliphatic rings. The van der Waals surface area contributed by atoms with Gasteiger partial charge in [0.15, 0.2) is 12.0 Å². The van der Waals surface area contributed by atoms with Gasteiger partial charge in [-0.05, 0) is 67.6 Å². The number of amides is 1. The normalized spacial score (nSPS) is 22.0. The molecule has 234 valence electrons. The summed E-state index contributed by atoms with van der Waals surface area (Å²) in [5.74, 6) is 0.570. The van der Waals surface area contributed by atoms with Crippen molar-refractivity contribution in [1.82, 2.24) is 20.0 Å². The zero-order valence-electron chi connectivity index (χ0n) is 25.1. The highest BCUT2D eigenvalue weighted by Gasteiger charge is 2.37. The Morgan fingerprint density at radius 2 is 1.80 bits per heavy atom. The molecule has 2 atom stereocenters. The monoisotopic (exact) mass is 604 g/mol. The molecule has 44 heavy (non-hydrogen) atoms. The van der Waals surface area contributed by atoms with Crippen LogP contribution in [0.25, 0.3) is 0 Å². The van der Waals surface area contributed by atoms with Gasteiger partial charge in [-0.25, -0.2) is 9.59 Å². The molecule has 1 amide bonds. The number of piperidine rings is 3. The summed E-state index contributed by atoms with van der Waals surface area (Å²) < 4.78 is 29.9.